The molecule has 0 saturated carbocycles. The van der Waals surface area contributed by atoms with E-state index in [0.29, 0.717) is 5.92 Å². The van der Waals surface area contributed by atoms with Gasteiger partial charge in [-0.05, 0) is 12.8 Å². The Morgan fingerprint density at radius 3 is 3.06 bits per heavy atom. The molecule has 1 atom stereocenters. The summed E-state index contributed by atoms with van der Waals surface area (Å²) in [6, 6.07) is 0. The minimum Gasteiger partial charge on any atom is -0.381 e. The van der Waals surface area contributed by atoms with E-state index in [-0.39, 0.29) is 4.92 Å². The van der Waals surface area contributed by atoms with Crippen LogP contribution in [0.1, 0.15) is 12.8 Å². The maximum absolute atomic E-state index is 10.6. The summed E-state index contributed by atoms with van der Waals surface area (Å²) in [5.41, 5.74) is 0. The molecule has 0 spiro atoms. The van der Waals surface area contributed by atoms with Crippen molar-refractivity contribution in [3.8, 4) is 0 Å². The summed E-state index contributed by atoms with van der Waals surface area (Å²) in [5, 5.41) is 10.6. The molecule has 17 heavy (non-hydrogen) atoms. The molecule has 2 fully saturated rings. The van der Waals surface area contributed by atoms with Crippen LogP contribution in [0, 0.1) is 16.0 Å². The summed E-state index contributed by atoms with van der Waals surface area (Å²) in [4.78, 5) is 14.4. The number of rotatable bonds is 3. The second-order valence-corrected chi connectivity index (χ2v) is 4.72. The first-order chi connectivity index (χ1) is 8.16. The topological polar surface area (TPSA) is 58.8 Å². The van der Waals surface area contributed by atoms with Crippen molar-refractivity contribution in [3.05, 3.63) is 22.1 Å². The normalized spacial score (nSPS) is 27.8. The lowest BCUT2D eigenvalue weighted by Gasteiger charge is -2.38. The van der Waals surface area contributed by atoms with Gasteiger partial charge in [0.05, 0.1) is 11.5 Å². The molecule has 2 saturated heterocycles. The van der Waals surface area contributed by atoms with Gasteiger partial charge in [-0.1, -0.05) is 0 Å². The van der Waals surface area contributed by atoms with E-state index in [1.807, 2.05) is 11.9 Å². The van der Waals surface area contributed by atoms with E-state index in [1.54, 1.807) is 0 Å². The minimum absolute atomic E-state index is 0.366. The van der Waals surface area contributed by atoms with E-state index in [0.717, 1.165) is 57.7 Å². The molecule has 96 valence electrons. The highest BCUT2D eigenvalue weighted by molar-refractivity contribution is 4.99. The van der Waals surface area contributed by atoms with Gasteiger partial charge in [0, 0.05) is 39.2 Å². The van der Waals surface area contributed by atoms with Crippen LogP contribution in [0.5, 0.6) is 0 Å². The molecular formula is C11H19N3O3. The largest absolute Gasteiger partial charge is 0.381 e. The SMILES string of the molecule is CN1CCCN(CC2CCOC2)/C1=C/[N+](=O)[O-]. The van der Waals surface area contributed by atoms with E-state index in [4.69, 9.17) is 4.74 Å². The highest BCUT2D eigenvalue weighted by atomic mass is 16.6. The Balaban J connectivity index is 2.03. The predicted octanol–water partition coefficient (Wildman–Crippen LogP) is 0.736. The second kappa shape index (κ2) is 5.35. The molecule has 0 aromatic rings. The van der Waals surface area contributed by atoms with E-state index >= 15 is 0 Å². The van der Waals surface area contributed by atoms with Crippen molar-refractivity contribution < 1.29 is 9.66 Å². The first kappa shape index (κ1) is 12.2. The monoisotopic (exact) mass is 241 g/mol. The Hall–Kier alpha value is -1.30. The second-order valence-electron chi connectivity index (χ2n) is 4.72. The third-order valence-corrected chi connectivity index (χ3v) is 3.36. The molecular weight excluding hydrogens is 222 g/mol. The molecule has 6 heteroatoms. The fourth-order valence-electron chi connectivity index (χ4n) is 2.47. The summed E-state index contributed by atoms with van der Waals surface area (Å²) in [5.74, 6) is 1.24. The van der Waals surface area contributed by atoms with Gasteiger partial charge < -0.3 is 14.5 Å². The minimum atomic E-state index is -0.366. The van der Waals surface area contributed by atoms with Gasteiger partial charge in [-0.25, -0.2) is 0 Å². The van der Waals surface area contributed by atoms with Gasteiger partial charge in [-0.2, -0.15) is 0 Å². The standard InChI is InChI=1S/C11H19N3O3/c1-12-4-2-5-13(11(12)8-14(15)16)7-10-3-6-17-9-10/h8,10H,2-7,9H2,1H3/b11-8+. The van der Waals surface area contributed by atoms with Crippen LogP contribution in [0.3, 0.4) is 0 Å². The van der Waals surface area contributed by atoms with Crippen molar-refractivity contribution in [1.82, 2.24) is 9.80 Å². The van der Waals surface area contributed by atoms with Crippen LogP contribution in [0.4, 0.5) is 0 Å². The highest BCUT2D eigenvalue weighted by Gasteiger charge is 2.26. The fraction of sp³-hybridized carbons (Fsp3) is 0.818. The molecule has 6 nitrogen and oxygen atoms in total. The lowest BCUT2D eigenvalue weighted by Crippen LogP contribution is -2.43. The zero-order valence-electron chi connectivity index (χ0n) is 10.2. The maximum Gasteiger partial charge on any atom is 0.274 e. The Morgan fingerprint density at radius 2 is 2.41 bits per heavy atom. The summed E-state index contributed by atoms with van der Waals surface area (Å²) in [6.07, 6.45) is 3.24. The van der Waals surface area contributed by atoms with Crippen LogP contribution in [0.2, 0.25) is 0 Å². The number of ether oxygens (including phenoxy) is 1. The summed E-state index contributed by atoms with van der Waals surface area (Å²) in [7, 11) is 1.91. The van der Waals surface area contributed by atoms with Crippen molar-refractivity contribution in [2.45, 2.75) is 12.8 Å². The van der Waals surface area contributed by atoms with Gasteiger partial charge in [0.2, 0.25) is 0 Å². The number of hydrogen-bond donors (Lipinski definition) is 0. The highest BCUT2D eigenvalue weighted by Crippen LogP contribution is 2.21. The molecule has 2 heterocycles. The first-order valence-corrected chi connectivity index (χ1v) is 6.06. The average molecular weight is 241 g/mol. The summed E-state index contributed by atoms with van der Waals surface area (Å²) >= 11 is 0. The van der Waals surface area contributed by atoms with Crippen LogP contribution < -0.4 is 0 Å². The van der Waals surface area contributed by atoms with E-state index in [2.05, 4.69) is 4.90 Å². The van der Waals surface area contributed by atoms with E-state index in [1.165, 1.54) is 0 Å². The lowest BCUT2D eigenvalue weighted by molar-refractivity contribution is -0.405. The van der Waals surface area contributed by atoms with Gasteiger partial charge in [0.25, 0.3) is 6.20 Å². The van der Waals surface area contributed by atoms with Gasteiger partial charge in [0.15, 0.2) is 5.82 Å². The van der Waals surface area contributed by atoms with Gasteiger partial charge in [0.1, 0.15) is 0 Å². The molecule has 0 bridgehead atoms. The van der Waals surface area contributed by atoms with E-state index in [9.17, 15) is 10.1 Å². The van der Waals surface area contributed by atoms with Crippen molar-refractivity contribution in [2.24, 2.45) is 5.92 Å². The zero-order valence-corrected chi connectivity index (χ0v) is 10.2. The first-order valence-electron chi connectivity index (χ1n) is 6.06. The Labute approximate surface area is 101 Å². The van der Waals surface area contributed by atoms with Gasteiger partial charge in [-0.15, -0.1) is 0 Å². The Morgan fingerprint density at radius 1 is 1.59 bits per heavy atom. The third kappa shape index (κ3) is 3.09. The van der Waals surface area contributed by atoms with Gasteiger partial charge >= 0.3 is 0 Å². The van der Waals surface area contributed by atoms with E-state index < -0.39 is 0 Å². The maximum atomic E-state index is 10.6. The Kier molecular flexibility index (Phi) is 3.83. The summed E-state index contributed by atoms with van der Waals surface area (Å²) < 4.78 is 5.35. The van der Waals surface area contributed by atoms with Crippen molar-refractivity contribution >= 4 is 0 Å². The van der Waals surface area contributed by atoms with Gasteiger partial charge in [-0.3, -0.25) is 10.1 Å². The zero-order chi connectivity index (χ0) is 12.3. The van der Waals surface area contributed by atoms with Crippen LogP contribution in [-0.2, 0) is 4.74 Å². The summed E-state index contributed by atoms with van der Waals surface area (Å²) in [6.45, 7) is 4.26. The Bertz CT molecular complexity index is 313. The molecule has 0 aliphatic carbocycles. The quantitative estimate of drug-likeness (QED) is 0.538. The van der Waals surface area contributed by atoms with Crippen LogP contribution in [0.25, 0.3) is 0 Å². The molecule has 1 unspecified atom stereocenters. The fourth-order valence-corrected chi connectivity index (χ4v) is 2.47. The molecule has 2 aliphatic rings. The van der Waals surface area contributed by atoms with Crippen LogP contribution in [-0.4, -0.2) is 54.6 Å². The third-order valence-electron chi connectivity index (χ3n) is 3.36. The number of hydrogen-bond acceptors (Lipinski definition) is 5. The van der Waals surface area contributed by atoms with Crippen molar-refractivity contribution in [2.75, 3.05) is 39.9 Å². The molecule has 2 aliphatic heterocycles. The van der Waals surface area contributed by atoms with Crippen LogP contribution >= 0.6 is 0 Å². The molecule has 0 aromatic carbocycles. The van der Waals surface area contributed by atoms with Crippen LogP contribution in [0.15, 0.2) is 12.0 Å². The van der Waals surface area contributed by atoms with Crippen molar-refractivity contribution in [3.63, 3.8) is 0 Å². The number of nitrogens with zero attached hydrogens (tertiary/aromatic N) is 3. The lowest BCUT2D eigenvalue weighted by atomic mass is 10.1. The molecule has 0 N–H and O–H groups in total. The smallest absolute Gasteiger partial charge is 0.274 e. The van der Waals surface area contributed by atoms with Crippen molar-refractivity contribution in [1.29, 1.82) is 0 Å². The molecule has 0 aromatic heterocycles. The molecule has 0 radical (unpaired) electrons. The average Bonchev–Trinajstić information content (AvgIpc) is 2.75. The predicted molar refractivity (Wildman–Crippen MR) is 62.8 cm³/mol. The molecule has 2 rings (SSSR count). The molecule has 0 amide bonds. The number of nitro groups is 1.